The molecule has 0 radical (unpaired) electrons. The summed E-state index contributed by atoms with van der Waals surface area (Å²) in [6, 6.07) is 8.83. The number of aryl methyl sites for hydroxylation is 1. The Kier molecular flexibility index (Phi) is 9.27. The number of piperidine rings is 1. The lowest BCUT2D eigenvalue weighted by molar-refractivity contribution is -0.294. The van der Waals surface area contributed by atoms with Crippen molar-refractivity contribution < 1.29 is 33.0 Å². The lowest BCUT2D eigenvalue weighted by atomic mass is 9.71. The van der Waals surface area contributed by atoms with Crippen molar-refractivity contribution in [2.24, 2.45) is 11.3 Å². The van der Waals surface area contributed by atoms with Crippen molar-refractivity contribution in [3.8, 4) is 0 Å². The number of amides is 1. The molecule has 0 saturated carbocycles. The van der Waals surface area contributed by atoms with Gasteiger partial charge in [-0.25, -0.2) is 9.97 Å². The number of alkyl halides is 3. The molecule has 2 aliphatic heterocycles. The third kappa shape index (κ3) is 7.25. The number of pyridine rings is 1. The van der Waals surface area contributed by atoms with E-state index < -0.39 is 30.8 Å². The number of fused-ring (bicyclic) bond motifs is 2. The van der Waals surface area contributed by atoms with Crippen LogP contribution in [0.1, 0.15) is 95.8 Å². The fraction of sp³-hybridized carbons (Fsp3) is 0.600. The zero-order valence-corrected chi connectivity index (χ0v) is 28.0. The van der Waals surface area contributed by atoms with E-state index in [0.29, 0.717) is 36.7 Å². The molecule has 2 saturated heterocycles. The number of hydrogen-bond acceptors (Lipinski definition) is 8. The molecule has 254 valence electrons. The van der Waals surface area contributed by atoms with Crippen LogP contribution in [0.3, 0.4) is 0 Å². The number of hydrogen-bond donors (Lipinski definition) is 2. The highest BCUT2D eigenvalue weighted by Gasteiger charge is 2.62. The van der Waals surface area contributed by atoms with Gasteiger partial charge in [-0.3, -0.25) is 9.59 Å². The number of carbonyl (C=O) groups is 2. The van der Waals surface area contributed by atoms with Gasteiger partial charge in [-0.05, 0) is 91.6 Å². The van der Waals surface area contributed by atoms with E-state index in [1.54, 1.807) is 18.2 Å². The van der Waals surface area contributed by atoms with E-state index in [9.17, 15) is 33.0 Å². The third-order valence-corrected chi connectivity index (χ3v) is 11.3. The van der Waals surface area contributed by atoms with Gasteiger partial charge in [0.1, 0.15) is 10.3 Å². The predicted octanol–water partition coefficient (Wildman–Crippen LogP) is 5.79. The number of aliphatic hydroxyl groups excluding tert-OH is 1. The van der Waals surface area contributed by atoms with Crippen LogP contribution in [0, 0.1) is 11.3 Å². The van der Waals surface area contributed by atoms with Gasteiger partial charge in [-0.15, -0.1) is 0 Å². The summed E-state index contributed by atoms with van der Waals surface area (Å²) in [5, 5.41) is 20.2. The van der Waals surface area contributed by atoms with Crippen LogP contribution in [0.25, 0.3) is 10.3 Å². The molecule has 2 aromatic heterocycles. The molecule has 6 rings (SSSR count). The van der Waals surface area contributed by atoms with E-state index in [4.69, 9.17) is 9.97 Å². The maximum Gasteiger partial charge on any atom is 0.420 e. The van der Waals surface area contributed by atoms with Crippen LogP contribution in [-0.4, -0.2) is 92.3 Å². The molecule has 0 unspecified atom stereocenters. The topological polar surface area (TPSA) is 107 Å². The predicted molar refractivity (Wildman–Crippen MR) is 174 cm³/mol. The average molecular weight is 673 g/mol. The summed E-state index contributed by atoms with van der Waals surface area (Å²) in [5.41, 5.74) is 1.29. The van der Waals surface area contributed by atoms with Gasteiger partial charge in [-0.1, -0.05) is 44.2 Å². The van der Waals surface area contributed by atoms with E-state index in [-0.39, 0.29) is 35.2 Å². The van der Waals surface area contributed by atoms with Crippen molar-refractivity contribution in [3.05, 3.63) is 57.7 Å². The third-order valence-electron chi connectivity index (χ3n) is 10.3. The molecule has 1 aromatic carbocycles. The highest BCUT2D eigenvalue weighted by molar-refractivity contribution is 7.19. The Balaban J connectivity index is 1.21. The van der Waals surface area contributed by atoms with Gasteiger partial charge < -0.3 is 20.0 Å². The van der Waals surface area contributed by atoms with Crippen molar-refractivity contribution in [1.29, 1.82) is 0 Å². The number of halogens is 3. The number of aliphatic hydroxyl groups is 2. The molecule has 3 aliphatic rings. The molecule has 2 atom stereocenters. The van der Waals surface area contributed by atoms with Crippen LogP contribution < -0.4 is 0 Å². The fourth-order valence-electron chi connectivity index (χ4n) is 7.07. The van der Waals surface area contributed by atoms with Gasteiger partial charge in [0, 0.05) is 30.8 Å². The molecular weight excluding hydrogens is 629 g/mol. The van der Waals surface area contributed by atoms with Crippen molar-refractivity contribution >= 4 is 33.4 Å². The Hall–Kier alpha value is -2.93. The monoisotopic (exact) mass is 672 g/mol. The van der Waals surface area contributed by atoms with E-state index in [1.807, 2.05) is 6.07 Å². The minimum Gasteiger partial charge on any atom is -0.393 e. The second kappa shape index (κ2) is 12.8. The van der Waals surface area contributed by atoms with Gasteiger partial charge in [0.15, 0.2) is 16.4 Å². The van der Waals surface area contributed by atoms with E-state index in [1.165, 1.54) is 16.9 Å². The van der Waals surface area contributed by atoms with Gasteiger partial charge in [0.25, 0.3) is 5.91 Å². The summed E-state index contributed by atoms with van der Waals surface area (Å²) >= 11 is 1.31. The summed E-state index contributed by atoms with van der Waals surface area (Å²) in [7, 11) is 0. The lowest BCUT2D eigenvalue weighted by Gasteiger charge is -2.46. The number of Topliss-reactive ketones (excluding diaryl/α,β-unsaturated/α-hetero) is 1. The summed E-state index contributed by atoms with van der Waals surface area (Å²) in [5.74, 6) is -0.429. The first-order chi connectivity index (χ1) is 22.1. The zero-order valence-electron chi connectivity index (χ0n) is 27.1. The van der Waals surface area contributed by atoms with Crippen molar-refractivity contribution in [3.63, 3.8) is 0 Å². The van der Waals surface area contributed by atoms with Gasteiger partial charge in [0.05, 0.1) is 19.2 Å². The number of β-amino-alcohol motifs (C(OH)–C–C–N with tert-alkyl or cyclic N) is 1. The number of thiazole rings is 1. The van der Waals surface area contributed by atoms with Crippen LogP contribution in [0.4, 0.5) is 13.2 Å². The Morgan fingerprint density at radius 1 is 1.09 bits per heavy atom. The van der Waals surface area contributed by atoms with E-state index >= 15 is 0 Å². The molecular formula is C35H43F3N4O4S. The standard InChI is InChI=1S/C35H43F3N4O4S/c1-33(2,3)25-7-8-27-24(16-25)17-28-30(39-27)47-31(40-28)29(44)18-22(9-12-41-13-10-26(43)11-14-41)21-5-4-6-23(15-21)32(45)42-19-34(46,20-42)35(36,37)38/h4-6,15,17,22,25-26,43,46H,7-14,16,18-20H2,1-3H3/t22-,25-/m0/s1. The largest absolute Gasteiger partial charge is 0.420 e. The summed E-state index contributed by atoms with van der Waals surface area (Å²) in [6.45, 7) is 7.37. The Bertz CT molecular complexity index is 1640. The number of aromatic nitrogens is 2. The zero-order chi connectivity index (χ0) is 33.7. The lowest BCUT2D eigenvalue weighted by Crippen LogP contribution is -2.70. The molecule has 3 aromatic rings. The molecule has 12 heteroatoms. The van der Waals surface area contributed by atoms with Crippen LogP contribution in [0.15, 0.2) is 30.3 Å². The van der Waals surface area contributed by atoms with Crippen LogP contribution in [-0.2, 0) is 12.8 Å². The van der Waals surface area contributed by atoms with Gasteiger partial charge in [0.2, 0.25) is 0 Å². The molecule has 4 heterocycles. The first-order valence-corrected chi connectivity index (χ1v) is 17.3. The van der Waals surface area contributed by atoms with Gasteiger partial charge >= 0.3 is 6.18 Å². The van der Waals surface area contributed by atoms with E-state index in [0.717, 1.165) is 58.9 Å². The first kappa shape index (κ1) is 34.0. The maximum atomic E-state index is 13.8. The number of likely N-dealkylation sites (tertiary alicyclic amines) is 2. The molecule has 2 fully saturated rings. The van der Waals surface area contributed by atoms with Crippen molar-refractivity contribution in [2.75, 3.05) is 32.7 Å². The second-order valence-electron chi connectivity index (χ2n) is 14.7. The molecule has 2 N–H and O–H groups in total. The smallest absolute Gasteiger partial charge is 0.393 e. The van der Waals surface area contributed by atoms with Crippen LogP contribution >= 0.6 is 11.3 Å². The second-order valence-corrected chi connectivity index (χ2v) is 15.7. The highest BCUT2D eigenvalue weighted by atomic mass is 32.1. The van der Waals surface area contributed by atoms with Crippen LogP contribution in [0.5, 0.6) is 0 Å². The Labute approximate surface area is 277 Å². The first-order valence-electron chi connectivity index (χ1n) is 16.5. The SMILES string of the molecule is CC(C)(C)[C@H]1CCc2nc3sc(C(=O)C[C@H](CCN4CCC(O)CC4)c4cccc(C(=O)N5CC(O)(C(F)(F)F)C5)c4)nc3cc2C1. The molecule has 0 bridgehead atoms. The summed E-state index contributed by atoms with van der Waals surface area (Å²) in [6.07, 6.45) is -0.0437. The van der Waals surface area contributed by atoms with Crippen molar-refractivity contribution in [1.82, 2.24) is 19.8 Å². The number of carbonyl (C=O) groups excluding carboxylic acids is 2. The normalized spacial score (nSPS) is 21.4. The molecule has 0 spiro atoms. The Morgan fingerprint density at radius 3 is 2.49 bits per heavy atom. The molecule has 1 amide bonds. The maximum absolute atomic E-state index is 13.8. The molecule has 47 heavy (non-hydrogen) atoms. The Morgan fingerprint density at radius 2 is 1.81 bits per heavy atom. The summed E-state index contributed by atoms with van der Waals surface area (Å²) in [4.78, 5) is 40.6. The average Bonchev–Trinajstić information content (AvgIpc) is 3.42. The highest BCUT2D eigenvalue weighted by Crippen LogP contribution is 2.40. The van der Waals surface area contributed by atoms with Gasteiger partial charge in [-0.2, -0.15) is 13.2 Å². The number of rotatable bonds is 8. The number of ketones is 1. The number of nitrogens with zero attached hydrogens (tertiary/aromatic N) is 4. The minimum absolute atomic E-state index is 0.118. The fourth-order valence-corrected chi connectivity index (χ4v) is 7.96. The van der Waals surface area contributed by atoms with Crippen LogP contribution in [0.2, 0.25) is 0 Å². The van der Waals surface area contributed by atoms with Crippen molar-refractivity contribution in [2.45, 2.75) is 89.5 Å². The molecule has 8 nitrogen and oxygen atoms in total. The quantitative estimate of drug-likeness (QED) is 0.292. The molecule has 1 aliphatic carbocycles. The number of benzene rings is 1. The summed E-state index contributed by atoms with van der Waals surface area (Å²) < 4.78 is 39.5. The van der Waals surface area contributed by atoms with E-state index in [2.05, 4.69) is 31.7 Å². The minimum atomic E-state index is -4.81.